The van der Waals surface area contributed by atoms with Gasteiger partial charge in [-0.2, -0.15) is 0 Å². The van der Waals surface area contributed by atoms with Gasteiger partial charge < -0.3 is 14.8 Å². The van der Waals surface area contributed by atoms with Crippen molar-refractivity contribution in [3.63, 3.8) is 0 Å². The smallest absolute Gasteiger partial charge is 0.226 e. The molecule has 1 aliphatic heterocycles. The summed E-state index contributed by atoms with van der Waals surface area (Å²) in [6.07, 6.45) is 9.49. The maximum atomic E-state index is 12.4. The zero-order chi connectivity index (χ0) is 17.8. The van der Waals surface area contributed by atoms with Gasteiger partial charge in [-0.1, -0.05) is 26.2 Å². The quantitative estimate of drug-likeness (QED) is 0.861. The van der Waals surface area contributed by atoms with Crippen LogP contribution in [0.5, 0.6) is 0 Å². The number of carbonyl (C=O) groups excluding carboxylic acids is 2. The van der Waals surface area contributed by atoms with Crippen molar-refractivity contribution >= 4 is 11.8 Å². The van der Waals surface area contributed by atoms with E-state index in [4.69, 9.17) is 0 Å². The fourth-order valence-electron chi connectivity index (χ4n) is 3.96. The molecule has 1 N–H and O–H groups in total. The molecule has 0 bridgehead atoms. The molecule has 1 aromatic rings. The van der Waals surface area contributed by atoms with Crippen LogP contribution in [-0.2, 0) is 22.6 Å². The first kappa shape index (κ1) is 18.0. The second kappa shape index (κ2) is 8.02. The van der Waals surface area contributed by atoms with Gasteiger partial charge in [-0.3, -0.25) is 9.59 Å². The summed E-state index contributed by atoms with van der Waals surface area (Å²) >= 11 is 0. The number of rotatable bonds is 6. The van der Waals surface area contributed by atoms with Crippen molar-refractivity contribution < 1.29 is 9.59 Å². The third-order valence-electron chi connectivity index (χ3n) is 5.41. The molecule has 1 fully saturated rings. The average Bonchev–Trinajstić information content (AvgIpc) is 3.22. The average molecular weight is 346 g/mol. The van der Waals surface area contributed by atoms with Crippen molar-refractivity contribution in [2.75, 3.05) is 6.54 Å². The van der Waals surface area contributed by atoms with E-state index in [-0.39, 0.29) is 17.9 Å². The maximum absolute atomic E-state index is 12.4. The standard InChI is InChI=1S/C19H30N4O2/c1-3-4-9-18(25)23-11-10-22-13-16(21-19(22)14(23)2)12-17(24)20-15-7-5-6-8-15/h13-15H,3-12H2,1-2H3,(H,20,24)/t14-/m0/s1. The molecular weight excluding hydrogens is 316 g/mol. The molecule has 0 aromatic carbocycles. The topological polar surface area (TPSA) is 67.2 Å². The van der Waals surface area contributed by atoms with Crippen LogP contribution in [0.1, 0.15) is 76.4 Å². The van der Waals surface area contributed by atoms with Crippen LogP contribution < -0.4 is 5.32 Å². The van der Waals surface area contributed by atoms with Gasteiger partial charge in [0, 0.05) is 31.7 Å². The highest BCUT2D eigenvalue weighted by Gasteiger charge is 2.29. The number of unbranched alkanes of at least 4 members (excludes halogenated alkanes) is 1. The van der Waals surface area contributed by atoms with Crippen LogP contribution in [0, 0.1) is 0 Å². The van der Waals surface area contributed by atoms with E-state index in [9.17, 15) is 9.59 Å². The molecule has 0 unspecified atom stereocenters. The Bertz CT molecular complexity index is 619. The number of imidazole rings is 1. The molecule has 1 saturated carbocycles. The second-order valence-corrected chi connectivity index (χ2v) is 7.38. The minimum atomic E-state index is -0.0234. The minimum Gasteiger partial charge on any atom is -0.353 e. The molecule has 2 aliphatic rings. The molecule has 1 aromatic heterocycles. The van der Waals surface area contributed by atoms with Gasteiger partial charge in [-0.15, -0.1) is 0 Å². The number of amides is 2. The van der Waals surface area contributed by atoms with Crippen molar-refractivity contribution in [3.05, 3.63) is 17.7 Å². The van der Waals surface area contributed by atoms with E-state index in [1.165, 1.54) is 12.8 Å². The molecule has 3 rings (SSSR count). The molecule has 0 spiro atoms. The summed E-state index contributed by atoms with van der Waals surface area (Å²) < 4.78 is 2.10. The predicted octanol–water partition coefficient (Wildman–Crippen LogP) is 2.58. The highest BCUT2D eigenvalue weighted by molar-refractivity contribution is 5.78. The number of nitrogens with one attached hydrogen (secondary N) is 1. The van der Waals surface area contributed by atoms with Crippen LogP contribution in [0.2, 0.25) is 0 Å². The van der Waals surface area contributed by atoms with E-state index in [1.54, 1.807) is 0 Å². The van der Waals surface area contributed by atoms with E-state index >= 15 is 0 Å². The number of hydrogen-bond acceptors (Lipinski definition) is 3. The van der Waals surface area contributed by atoms with Crippen LogP contribution in [0.15, 0.2) is 6.20 Å². The molecule has 25 heavy (non-hydrogen) atoms. The zero-order valence-corrected chi connectivity index (χ0v) is 15.5. The fraction of sp³-hybridized carbons (Fsp3) is 0.737. The van der Waals surface area contributed by atoms with Crippen LogP contribution in [0.3, 0.4) is 0 Å². The Kier molecular flexibility index (Phi) is 5.76. The van der Waals surface area contributed by atoms with Crippen LogP contribution in [0.4, 0.5) is 0 Å². The van der Waals surface area contributed by atoms with Crippen molar-refractivity contribution in [1.82, 2.24) is 19.8 Å². The molecule has 2 heterocycles. The molecule has 6 heteroatoms. The Morgan fingerprint density at radius 3 is 2.76 bits per heavy atom. The van der Waals surface area contributed by atoms with E-state index in [1.807, 2.05) is 18.0 Å². The molecule has 1 aliphatic carbocycles. The molecule has 2 amide bonds. The summed E-state index contributed by atoms with van der Waals surface area (Å²) in [5, 5.41) is 3.12. The number of aromatic nitrogens is 2. The Hall–Kier alpha value is -1.85. The van der Waals surface area contributed by atoms with Gasteiger partial charge >= 0.3 is 0 Å². The largest absolute Gasteiger partial charge is 0.353 e. The molecule has 1 atom stereocenters. The first-order valence-corrected chi connectivity index (χ1v) is 9.73. The zero-order valence-electron chi connectivity index (χ0n) is 15.5. The van der Waals surface area contributed by atoms with E-state index in [2.05, 4.69) is 21.8 Å². The number of hydrogen-bond donors (Lipinski definition) is 1. The third kappa shape index (κ3) is 4.22. The van der Waals surface area contributed by atoms with Crippen molar-refractivity contribution in [1.29, 1.82) is 0 Å². The molecule has 6 nitrogen and oxygen atoms in total. The second-order valence-electron chi connectivity index (χ2n) is 7.38. The summed E-state index contributed by atoms with van der Waals surface area (Å²) in [6, 6.07) is 0.320. The van der Waals surface area contributed by atoms with Gasteiger partial charge in [0.1, 0.15) is 5.82 Å². The lowest BCUT2D eigenvalue weighted by atomic mass is 10.1. The van der Waals surface area contributed by atoms with Crippen LogP contribution in [-0.4, -0.2) is 38.9 Å². The third-order valence-corrected chi connectivity index (χ3v) is 5.41. The van der Waals surface area contributed by atoms with Crippen LogP contribution >= 0.6 is 0 Å². The van der Waals surface area contributed by atoms with Gasteiger partial charge in [-0.05, 0) is 26.2 Å². The number of carbonyl (C=O) groups is 2. The molecule has 138 valence electrons. The van der Waals surface area contributed by atoms with Crippen molar-refractivity contribution in [2.24, 2.45) is 0 Å². The van der Waals surface area contributed by atoms with E-state index < -0.39 is 0 Å². The van der Waals surface area contributed by atoms with Gasteiger partial charge in [0.2, 0.25) is 11.8 Å². The normalized spacial score (nSPS) is 20.6. The Balaban J connectivity index is 1.61. The monoisotopic (exact) mass is 346 g/mol. The Labute approximate surface area is 150 Å². The first-order valence-electron chi connectivity index (χ1n) is 9.73. The van der Waals surface area contributed by atoms with Crippen molar-refractivity contribution in [3.8, 4) is 0 Å². The number of nitrogens with zero attached hydrogens (tertiary/aromatic N) is 3. The molecular formula is C19H30N4O2. The Morgan fingerprint density at radius 1 is 1.28 bits per heavy atom. The lowest BCUT2D eigenvalue weighted by molar-refractivity contribution is -0.134. The van der Waals surface area contributed by atoms with E-state index in [0.29, 0.717) is 18.9 Å². The summed E-state index contributed by atoms with van der Waals surface area (Å²) in [5.74, 6) is 1.18. The van der Waals surface area contributed by atoms with E-state index in [0.717, 1.165) is 50.3 Å². The fourth-order valence-corrected chi connectivity index (χ4v) is 3.96. The summed E-state index contributed by atoms with van der Waals surface area (Å²) in [7, 11) is 0. The lowest BCUT2D eigenvalue weighted by Crippen LogP contribution is -2.41. The van der Waals surface area contributed by atoms with Crippen LogP contribution in [0.25, 0.3) is 0 Å². The summed E-state index contributed by atoms with van der Waals surface area (Å²) in [5.41, 5.74) is 0.806. The highest BCUT2D eigenvalue weighted by Crippen LogP contribution is 2.26. The predicted molar refractivity (Wildman–Crippen MR) is 96.0 cm³/mol. The van der Waals surface area contributed by atoms with Gasteiger partial charge in [-0.25, -0.2) is 4.98 Å². The lowest BCUT2D eigenvalue weighted by Gasteiger charge is -2.33. The number of fused-ring (bicyclic) bond motifs is 1. The minimum absolute atomic E-state index is 0.0234. The highest BCUT2D eigenvalue weighted by atomic mass is 16.2. The van der Waals surface area contributed by atoms with Gasteiger partial charge in [0.25, 0.3) is 0 Å². The molecule has 0 radical (unpaired) electrons. The van der Waals surface area contributed by atoms with Gasteiger partial charge in [0.15, 0.2) is 0 Å². The summed E-state index contributed by atoms with van der Waals surface area (Å²) in [4.78, 5) is 31.2. The SMILES string of the molecule is CCCCC(=O)N1CCn2cc(CC(=O)NC3CCCC3)nc2[C@@H]1C. The van der Waals surface area contributed by atoms with Gasteiger partial charge in [0.05, 0.1) is 18.2 Å². The van der Waals surface area contributed by atoms with Crippen molar-refractivity contribution in [2.45, 2.75) is 83.8 Å². The first-order chi connectivity index (χ1) is 12.1. The summed E-state index contributed by atoms with van der Waals surface area (Å²) in [6.45, 7) is 5.61. The molecule has 0 saturated heterocycles. The Morgan fingerprint density at radius 2 is 2.04 bits per heavy atom. The maximum Gasteiger partial charge on any atom is 0.226 e.